The number of carbonyl (C=O) groups is 1. The molecule has 0 amide bonds. The van der Waals surface area contributed by atoms with Crippen LogP contribution in [0, 0.1) is 5.92 Å². The van der Waals surface area contributed by atoms with Gasteiger partial charge < -0.3 is 9.47 Å². The summed E-state index contributed by atoms with van der Waals surface area (Å²) in [6, 6.07) is 0. The number of hydrogen-bond donors (Lipinski definition) is 0. The third-order valence-electron chi connectivity index (χ3n) is 2.84. The molecule has 1 heterocycles. The van der Waals surface area contributed by atoms with Gasteiger partial charge in [-0.05, 0) is 33.1 Å². The van der Waals surface area contributed by atoms with Crippen molar-refractivity contribution in [3.8, 4) is 0 Å². The van der Waals surface area contributed by atoms with E-state index in [2.05, 4.69) is 13.8 Å². The Hall–Kier alpha value is -0.570. The number of carbonyl (C=O) groups excluding carboxylic acids is 1. The molecule has 0 aromatic rings. The first-order chi connectivity index (χ1) is 7.01. The minimum absolute atomic E-state index is 0.0268. The quantitative estimate of drug-likeness (QED) is 0.581. The SMILES string of the molecule is CC1CCCC(C)(C)OCCCOC1=O. The van der Waals surface area contributed by atoms with E-state index in [1.54, 1.807) is 0 Å². The highest BCUT2D eigenvalue weighted by Crippen LogP contribution is 2.21. The van der Waals surface area contributed by atoms with E-state index in [0.717, 1.165) is 25.7 Å². The fraction of sp³-hybridized carbons (Fsp3) is 0.917. The van der Waals surface area contributed by atoms with Gasteiger partial charge in [0.2, 0.25) is 0 Å². The molecular weight excluding hydrogens is 192 g/mol. The molecule has 1 aliphatic heterocycles. The highest BCUT2D eigenvalue weighted by molar-refractivity contribution is 5.71. The second kappa shape index (κ2) is 5.50. The van der Waals surface area contributed by atoms with Gasteiger partial charge in [0.05, 0.1) is 24.7 Å². The van der Waals surface area contributed by atoms with Crippen molar-refractivity contribution < 1.29 is 14.3 Å². The lowest BCUT2D eigenvalue weighted by Gasteiger charge is -2.25. The van der Waals surface area contributed by atoms with Crippen molar-refractivity contribution in [2.45, 2.75) is 52.1 Å². The maximum absolute atomic E-state index is 11.4. The second-order valence-electron chi connectivity index (χ2n) is 4.92. The van der Waals surface area contributed by atoms with Crippen molar-refractivity contribution in [2.24, 2.45) is 5.92 Å². The summed E-state index contributed by atoms with van der Waals surface area (Å²) in [4.78, 5) is 11.4. The van der Waals surface area contributed by atoms with Gasteiger partial charge in [0.15, 0.2) is 0 Å². The standard InChI is InChI=1S/C12H22O3/c1-10-6-4-7-12(2,3)15-9-5-8-14-11(10)13/h10H,4-9H2,1-3H3. The Morgan fingerprint density at radius 3 is 2.73 bits per heavy atom. The molecule has 0 radical (unpaired) electrons. The topological polar surface area (TPSA) is 35.5 Å². The van der Waals surface area contributed by atoms with Gasteiger partial charge in [-0.25, -0.2) is 0 Å². The van der Waals surface area contributed by atoms with E-state index in [1.807, 2.05) is 6.92 Å². The summed E-state index contributed by atoms with van der Waals surface area (Å²) in [7, 11) is 0. The lowest BCUT2D eigenvalue weighted by atomic mass is 9.97. The summed E-state index contributed by atoms with van der Waals surface area (Å²) in [5.74, 6) is -0.0337. The number of hydrogen-bond acceptors (Lipinski definition) is 3. The van der Waals surface area contributed by atoms with Gasteiger partial charge in [-0.1, -0.05) is 6.92 Å². The van der Waals surface area contributed by atoms with E-state index in [0.29, 0.717) is 13.2 Å². The summed E-state index contributed by atoms with van der Waals surface area (Å²) >= 11 is 0. The number of ether oxygens (including phenoxy) is 2. The van der Waals surface area contributed by atoms with Gasteiger partial charge in [-0.2, -0.15) is 0 Å². The van der Waals surface area contributed by atoms with Crippen LogP contribution < -0.4 is 0 Å². The predicted octanol–water partition coefficient (Wildman–Crippen LogP) is 2.53. The van der Waals surface area contributed by atoms with Crippen LogP contribution in [0.2, 0.25) is 0 Å². The highest BCUT2D eigenvalue weighted by atomic mass is 16.5. The van der Waals surface area contributed by atoms with Crippen LogP contribution in [0.1, 0.15) is 46.5 Å². The molecule has 0 bridgehead atoms. The third-order valence-corrected chi connectivity index (χ3v) is 2.84. The van der Waals surface area contributed by atoms with E-state index < -0.39 is 0 Å². The Bertz CT molecular complexity index is 211. The molecular formula is C12H22O3. The van der Waals surface area contributed by atoms with Gasteiger partial charge in [0.25, 0.3) is 0 Å². The molecule has 1 atom stereocenters. The highest BCUT2D eigenvalue weighted by Gasteiger charge is 2.21. The average Bonchev–Trinajstić information content (AvgIpc) is 2.17. The van der Waals surface area contributed by atoms with Crippen LogP contribution in [0.5, 0.6) is 0 Å². The zero-order valence-electron chi connectivity index (χ0n) is 10.0. The molecule has 1 aliphatic rings. The van der Waals surface area contributed by atoms with Crippen molar-refractivity contribution in [2.75, 3.05) is 13.2 Å². The zero-order valence-corrected chi connectivity index (χ0v) is 10.0. The zero-order chi connectivity index (χ0) is 11.3. The maximum atomic E-state index is 11.4. The van der Waals surface area contributed by atoms with Crippen LogP contribution in [0.3, 0.4) is 0 Å². The van der Waals surface area contributed by atoms with Crippen LogP contribution in [-0.4, -0.2) is 24.8 Å². The Morgan fingerprint density at radius 2 is 2.00 bits per heavy atom. The predicted molar refractivity (Wildman–Crippen MR) is 58.6 cm³/mol. The normalized spacial score (nSPS) is 29.0. The van der Waals surface area contributed by atoms with Crippen LogP contribution in [0.15, 0.2) is 0 Å². The number of cyclic esters (lactones) is 1. The fourth-order valence-corrected chi connectivity index (χ4v) is 1.75. The average molecular weight is 214 g/mol. The minimum atomic E-state index is -0.0624. The molecule has 0 N–H and O–H groups in total. The summed E-state index contributed by atoms with van der Waals surface area (Å²) in [5.41, 5.74) is -0.0624. The molecule has 1 rings (SSSR count). The summed E-state index contributed by atoms with van der Waals surface area (Å²) < 4.78 is 10.9. The molecule has 1 fully saturated rings. The largest absolute Gasteiger partial charge is 0.465 e. The molecule has 1 unspecified atom stereocenters. The second-order valence-corrected chi connectivity index (χ2v) is 4.92. The molecule has 1 saturated heterocycles. The molecule has 0 saturated carbocycles. The van der Waals surface area contributed by atoms with E-state index in [-0.39, 0.29) is 17.5 Å². The number of esters is 1. The molecule has 3 heteroatoms. The van der Waals surface area contributed by atoms with Crippen molar-refractivity contribution in [3.05, 3.63) is 0 Å². The van der Waals surface area contributed by atoms with Crippen molar-refractivity contribution >= 4 is 5.97 Å². The van der Waals surface area contributed by atoms with Crippen molar-refractivity contribution in [1.29, 1.82) is 0 Å². The van der Waals surface area contributed by atoms with Gasteiger partial charge in [0, 0.05) is 6.42 Å². The van der Waals surface area contributed by atoms with Gasteiger partial charge in [-0.3, -0.25) is 4.79 Å². The number of rotatable bonds is 0. The van der Waals surface area contributed by atoms with Crippen LogP contribution in [0.4, 0.5) is 0 Å². The van der Waals surface area contributed by atoms with Gasteiger partial charge in [-0.15, -0.1) is 0 Å². The molecule has 15 heavy (non-hydrogen) atoms. The van der Waals surface area contributed by atoms with Crippen LogP contribution in [-0.2, 0) is 14.3 Å². The van der Waals surface area contributed by atoms with Gasteiger partial charge >= 0.3 is 5.97 Å². The molecule has 0 aromatic heterocycles. The first kappa shape index (κ1) is 12.5. The van der Waals surface area contributed by atoms with E-state index >= 15 is 0 Å². The first-order valence-electron chi connectivity index (χ1n) is 5.82. The van der Waals surface area contributed by atoms with Crippen LogP contribution in [0.25, 0.3) is 0 Å². The van der Waals surface area contributed by atoms with E-state index in [9.17, 15) is 4.79 Å². The third kappa shape index (κ3) is 4.65. The Morgan fingerprint density at radius 1 is 1.27 bits per heavy atom. The minimum Gasteiger partial charge on any atom is -0.465 e. The van der Waals surface area contributed by atoms with Crippen molar-refractivity contribution in [3.63, 3.8) is 0 Å². The summed E-state index contributed by atoms with van der Waals surface area (Å²) in [5, 5.41) is 0. The molecule has 0 aromatic carbocycles. The van der Waals surface area contributed by atoms with E-state index in [4.69, 9.17) is 9.47 Å². The first-order valence-corrected chi connectivity index (χ1v) is 5.82. The smallest absolute Gasteiger partial charge is 0.308 e. The van der Waals surface area contributed by atoms with Crippen LogP contribution >= 0.6 is 0 Å². The summed E-state index contributed by atoms with van der Waals surface area (Å²) in [6.07, 6.45) is 3.71. The maximum Gasteiger partial charge on any atom is 0.308 e. The van der Waals surface area contributed by atoms with Gasteiger partial charge in [0.1, 0.15) is 0 Å². The molecule has 3 nitrogen and oxygen atoms in total. The Kier molecular flexibility index (Phi) is 4.58. The molecule has 0 aliphatic carbocycles. The lowest BCUT2D eigenvalue weighted by Crippen LogP contribution is -2.25. The lowest BCUT2D eigenvalue weighted by molar-refractivity contribution is -0.148. The van der Waals surface area contributed by atoms with Crippen molar-refractivity contribution in [1.82, 2.24) is 0 Å². The van der Waals surface area contributed by atoms with E-state index in [1.165, 1.54) is 0 Å². The Balaban J connectivity index is 2.48. The molecule has 88 valence electrons. The molecule has 0 spiro atoms. The summed E-state index contributed by atoms with van der Waals surface area (Å²) in [6.45, 7) is 7.32. The Labute approximate surface area is 92.1 Å². The monoisotopic (exact) mass is 214 g/mol. The fourth-order valence-electron chi connectivity index (χ4n) is 1.75.